The molecule has 0 spiro atoms. The Bertz CT molecular complexity index is 887. The van der Waals surface area contributed by atoms with E-state index in [4.69, 9.17) is 14.2 Å². The SMILES string of the molecule is CCOC(=O)Oc1c(C)nn2c(OCc3ccccc3)cc(C)cc12. The summed E-state index contributed by atoms with van der Waals surface area (Å²) in [7, 11) is 0. The molecule has 0 N–H and O–H groups in total. The van der Waals surface area contributed by atoms with Crippen LogP contribution >= 0.6 is 0 Å². The molecule has 0 aliphatic carbocycles. The fraction of sp³-hybridized carbons (Fsp3) is 0.263. The van der Waals surface area contributed by atoms with E-state index < -0.39 is 6.16 Å². The molecule has 130 valence electrons. The predicted molar refractivity (Wildman–Crippen MR) is 93.1 cm³/mol. The topological polar surface area (TPSA) is 62.1 Å². The molecule has 6 heteroatoms. The largest absolute Gasteiger partial charge is 0.513 e. The summed E-state index contributed by atoms with van der Waals surface area (Å²) < 4.78 is 17.7. The van der Waals surface area contributed by atoms with E-state index in [2.05, 4.69) is 5.10 Å². The average molecular weight is 340 g/mol. The third-order valence-corrected chi connectivity index (χ3v) is 3.64. The standard InChI is InChI=1S/C19H20N2O4/c1-4-23-19(22)25-18-14(3)20-21-16(18)10-13(2)11-17(21)24-12-15-8-6-5-7-9-15/h5-11H,4,12H2,1-3H3. The predicted octanol–water partition coefficient (Wildman–Crippen LogP) is 4.07. The van der Waals surface area contributed by atoms with Gasteiger partial charge in [0.2, 0.25) is 5.88 Å². The van der Waals surface area contributed by atoms with Gasteiger partial charge in [0.05, 0.1) is 6.61 Å². The quantitative estimate of drug-likeness (QED) is 0.655. The van der Waals surface area contributed by atoms with Gasteiger partial charge in [0.1, 0.15) is 17.8 Å². The zero-order chi connectivity index (χ0) is 17.8. The minimum Gasteiger partial charge on any atom is -0.473 e. The number of carbonyl (C=O) groups is 1. The van der Waals surface area contributed by atoms with Gasteiger partial charge < -0.3 is 14.2 Å². The molecule has 0 aliphatic heterocycles. The lowest BCUT2D eigenvalue weighted by molar-refractivity contribution is 0.104. The van der Waals surface area contributed by atoms with Crippen LogP contribution < -0.4 is 9.47 Å². The molecule has 0 unspecified atom stereocenters. The summed E-state index contributed by atoms with van der Waals surface area (Å²) in [5.74, 6) is 0.965. The second kappa shape index (κ2) is 7.25. The second-order valence-corrected chi connectivity index (χ2v) is 5.64. The van der Waals surface area contributed by atoms with Gasteiger partial charge in [-0.2, -0.15) is 9.61 Å². The molecule has 0 amide bonds. The lowest BCUT2D eigenvalue weighted by atomic mass is 10.2. The van der Waals surface area contributed by atoms with Gasteiger partial charge in [0, 0.05) is 6.07 Å². The Morgan fingerprint density at radius 3 is 2.64 bits per heavy atom. The number of ether oxygens (including phenoxy) is 3. The van der Waals surface area contributed by atoms with Crippen molar-refractivity contribution in [3.63, 3.8) is 0 Å². The van der Waals surface area contributed by atoms with Gasteiger partial charge in [-0.1, -0.05) is 30.3 Å². The highest BCUT2D eigenvalue weighted by Gasteiger charge is 2.18. The number of aryl methyl sites for hydroxylation is 2. The van der Waals surface area contributed by atoms with E-state index in [9.17, 15) is 4.79 Å². The minimum absolute atomic E-state index is 0.252. The Kier molecular flexibility index (Phi) is 4.88. The van der Waals surface area contributed by atoms with E-state index in [0.717, 1.165) is 11.1 Å². The molecule has 3 aromatic rings. The normalized spacial score (nSPS) is 10.7. The summed E-state index contributed by atoms with van der Waals surface area (Å²) in [5, 5.41) is 4.44. The average Bonchev–Trinajstić information content (AvgIpc) is 2.90. The number of rotatable bonds is 5. The van der Waals surface area contributed by atoms with E-state index >= 15 is 0 Å². The van der Waals surface area contributed by atoms with Crippen molar-refractivity contribution in [1.82, 2.24) is 9.61 Å². The molecule has 0 radical (unpaired) electrons. The van der Waals surface area contributed by atoms with Crippen LogP contribution in [0.5, 0.6) is 11.6 Å². The van der Waals surface area contributed by atoms with Crippen LogP contribution in [0, 0.1) is 13.8 Å². The number of hydrogen-bond acceptors (Lipinski definition) is 5. The molecule has 0 atom stereocenters. The summed E-state index contributed by atoms with van der Waals surface area (Å²) >= 11 is 0. The monoisotopic (exact) mass is 340 g/mol. The van der Waals surface area contributed by atoms with E-state index in [1.807, 2.05) is 49.4 Å². The smallest absolute Gasteiger partial charge is 0.473 e. The molecule has 0 bridgehead atoms. The highest BCUT2D eigenvalue weighted by Crippen LogP contribution is 2.29. The maximum Gasteiger partial charge on any atom is 0.513 e. The first kappa shape index (κ1) is 16.8. The van der Waals surface area contributed by atoms with Crippen LogP contribution in [0.1, 0.15) is 23.7 Å². The van der Waals surface area contributed by atoms with E-state index in [1.165, 1.54) is 0 Å². The van der Waals surface area contributed by atoms with E-state index in [1.54, 1.807) is 18.4 Å². The number of aromatic nitrogens is 2. The molecular weight excluding hydrogens is 320 g/mol. The molecular formula is C19H20N2O4. The molecule has 25 heavy (non-hydrogen) atoms. The molecule has 2 aromatic heterocycles. The molecule has 1 aromatic carbocycles. The molecule has 0 saturated carbocycles. The third kappa shape index (κ3) is 3.74. The number of carbonyl (C=O) groups excluding carboxylic acids is 1. The summed E-state index contributed by atoms with van der Waals surface area (Å²) in [6, 6.07) is 13.7. The van der Waals surface area contributed by atoms with Crippen LogP contribution in [-0.4, -0.2) is 22.4 Å². The van der Waals surface area contributed by atoms with Gasteiger partial charge in [-0.05, 0) is 38.0 Å². The van der Waals surface area contributed by atoms with Crippen molar-refractivity contribution in [2.24, 2.45) is 0 Å². The van der Waals surface area contributed by atoms with Gasteiger partial charge in [-0.25, -0.2) is 4.79 Å². The Morgan fingerprint density at radius 1 is 1.16 bits per heavy atom. The summed E-state index contributed by atoms with van der Waals surface area (Å²) in [5.41, 5.74) is 3.28. The Morgan fingerprint density at radius 2 is 1.92 bits per heavy atom. The van der Waals surface area contributed by atoms with Crippen LogP contribution in [0.4, 0.5) is 4.79 Å². The van der Waals surface area contributed by atoms with Crippen molar-refractivity contribution in [1.29, 1.82) is 0 Å². The number of pyridine rings is 1. The fourth-order valence-electron chi connectivity index (χ4n) is 2.53. The summed E-state index contributed by atoms with van der Waals surface area (Å²) in [6.07, 6.45) is -0.742. The molecule has 0 saturated heterocycles. The van der Waals surface area contributed by atoms with Crippen molar-refractivity contribution < 1.29 is 19.0 Å². The van der Waals surface area contributed by atoms with Gasteiger partial charge in [-0.15, -0.1) is 0 Å². The summed E-state index contributed by atoms with van der Waals surface area (Å²) in [6.45, 7) is 6.13. The van der Waals surface area contributed by atoms with E-state index in [-0.39, 0.29) is 6.61 Å². The molecule has 3 rings (SSSR count). The first-order chi connectivity index (χ1) is 12.1. The van der Waals surface area contributed by atoms with E-state index in [0.29, 0.717) is 29.4 Å². The highest BCUT2D eigenvalue weighted by atomic mass is 16.7. The fourth-order valence-corrected chi connectivity index (χ4v) is 2.53. The number of nitrogens with zero attached hydrogens (tertiary/aromatic N) is 2. The van der Waals surface area contributed by atoms with Crippen molar-refractivity contribution >= 4 is 11.7 Å². The zero-order valence-electron chi connectivity index (χ0n) is 14.5. The Hall–Kier alpha value is -3.02. The number of hydrogen-bond donors (Lipinski definition) is 0. The first-order valence-corrected chi connectivity index (χ1v) is 8.09. The van der Waals surface area contributed by atoms with Crippen molar-refractivity contribution in [3.05, 3.63) is 59.3 Å². The van der Waals surface area contributed by atoms with Gasteiger partial charge in [-0.3, -0.25) is 0 Å². The van der Waals surface area contributed by atoms with Gasteiger partial charge in [0.25, 0.3) is 0 Å². The lowest BCUT2D eigenvalue weighted by Crippen LogP contribution is -2.10. The molecule has 2 heterocycles. The maximum absolute atomic E-state index is 11.7. The van der Waals surface area contributed by atoms with Crippen LogP contribution in [0.3, 0.4) is 0 Å². The van der Waals surface area contributed by atoms with Crippen molar-refractivity contribution in [2.45, 2.75) is 27.4 Å². The van der Waals surface area contributed by atoms with Crippen LogP contribution in [0.2, 0.25) is 0 Å². The maximum atomic E-state index is 11.7. The van der Waals surface area contributed by atoms with Crippen LogP contribution in [0.25, 0.3) is 5.52 Å². The Balaban J connectivity index is 1.93. The highest BCUT2D eigenvalue weighted by molar-refractivity contribution is 5.72. The third-order valence-electron chi connectivity index (χ3n) is 3.64. The van der Waals surface area contributed by atoms with Crippen molar-refractivity contribution in [3.8, 4) is 11.6 Å². The van der Waals surface area contributed by atoms with Gasteiger partial charge >= 0.3 is 6.16 Å². The lowest BCUT2D eigenvalue weighted by Gasteiger charge is -2.10. The summed E-state index contributed by atoms with van der Waals surface area (Å²) in [4.78, 5) is 11.7. The molecule has 0 aliphatic rings. The molecule has 6 nitrogen and oxygen atoms in total. The Labute approximate surface area is 145 Å². The van der Waals surface area contributed by atoms with Gasteiger partial charge in [0.15, 0.2) is 5.75 Å². The zero-order valence-corrected chi connectivity index (χ0v) is 14.5. The number of benzene rings is 1. The number of fused-ring (bicyclic) bond motifs is 1. The van der Waals surface area contributed by atoms with Crippen LogP contribution in [-0.2, 0) is 11.3 Å². The molecule has 0 fully saturated rings. The minimum atomic E-state index is -0.742. The van der Waals surface area contributed by atoms with Crippen molar-refractivity contribution in [2.75, 3.05) is 6.61 Å². The first-order valence-electron chi connectivity index (χ1n) is 8.09. The second-order valence-electron chi connectivity index (χ2n) is 5.64. The van der Waals surface area contributed by atoms with Crippen LogP contribution in [0.15, 0.2) is 42.5 Å².